The Labute approximate surface area is 156 Å². The zero-order valence-corrected chi connectivity index (χ0v) is 14.7. The summed E-state index contributed by atoms with van der Waals surface area (Å²) in [5.41, 5.74) is 0.726. The maximum Gasteiger partial charge on any atom is 0.263 e. The van der Waals surface area contributed by atoms with Crippen LogP contribution in [0.4, 0.5) is 8.78 Å². The lowest BCUT2D eigenvalue weighted by Crippen LogP contribution is -2.34. The summed E-state index contributed by atoms with van der Waals surface area (Å²) < 4.78 is 36.4. The molecule has 1 amide bonds. The molecule has 0 bridgehead atoms. The Morgan fingerprint density at radius 2 is 1.78 bits per heavy atom. The molecule has 1 aliphatic rings. The molecule has 2 aromatic carbocycles. The molecule has 0 aromatic heterocycles. The van der Waals surface area contributed by atoms with E-state index < -0.39 is 6.43 Å². The highest BCUT2D eigenvalue weighted by Gasteiger charge is 2.27. The number of ether oxygens (including phenoxy) is 2. The van der Waals surface area contributed by atoms with Gasteiger partial charge in [-0.15, -0.1) is 0 Å². The van der Waals surface area contributed by atoms with E-state index in [4.69, 9.17) is 14.6 Å². The van der Waals surface area contributed by atoms with Crippen molar-refractivity contribution in [2.45, 2.75) is 25.6 Å². The van der Waals surface area contributed by atoms with Crippen LogP contribution in [0.2, 0.25) is 0 Å². The van der Waals surface area contributed by atoms with Gasteiger partial charge in [-0.3, -0.25) is 4.79 Å². The second-order valence-electron chi connectivity index (χ2n) is 6.33. The van der Waals surface area contributed by atoms with Crippen molar-refractivity contribution in [3.05, 3.63) is 59.7 Å². The fourth-order valence-corrected chi connectivity index (χ4v) is 2.86. The van der Waals surface area contributed by atoms with Crippen LogP contribution >= 0.6 is 0 Å². The van der Waals surface area contributed by atoms with Gasteiger partial charge in [-0.1, -0.05) is 12.1 Å². The molecule has 1 unspecified atom stereocenters. The predicted octanol–water partition coefficient (Wildman–Crippen LogP) is 3.18. The lowest BCUT2D eigenvalue weighted by atomic mass is 10.2. The molecule has 144 valence electrons. The maximum absolute atomic E-state index is 12.6. The van der Waals surface area contributed by atoms with E-state index in [1.54, 1.807) is 29.2 Å². The van der Waals surface area contributed by atoms with Gasteiger partial charge in [-0.2, -0.15) is 0 Å². The minimum atomic E-state index is -2.50. The minimum absolute atomic E-state index is 0.0424. The molecule has 1 fully saturated rings. The SMILES string of the molecule is O=C(COc1ccc(CO)cc1)N1CCC(Oc2ccc(C(F)F)cc2)C1. The highest BCUT2D eigenvalue weighted by molar-refractivity contribution is 5.78. The number of carbonyl (C=O) groups excluding carboxylic acids is 1. The topological polar surface area (TPSA) is 59.0 Å². The van der Waals surface area contributed by atoms with Crippen LogP contribution in [0.25, 0.3) is 0 Å². The van der Waals surface area contributed by atoms with Gasteiger partial charge in [0.1, 0.15) is 17.6 Å². The van der Waals surface area contributed by atoms with Gasteiger partial charge in [0.2, 0.25) is 0 Å². The Morgan fingerprint density at radius 1 is 1.11 bits per heavy atom. The molecule has 2 aromatic rings. The molecule has 3 rings (SSSR count). The molecule has 1 N–H and O–H groups in total. The second-order valence-corrected chi connectivity index (χ2v) is 6.33. The number of aliphatic hydroxyl groups excluding tert-OH is 1. The molecule has 1 saturated heterocycles. The summed E-state index contributed by atoms with van der Waals surface area (Å²) in [7, 11) is 0. The second kappa shape index (κ2) is 8.81. The third-order valence-electron chi connectivity index (χ3n) is 4.40. The molecule has 27 heavy (non-hydrogen) atoms. The number of halogens is 2. The smallest absolute Gasteiger partial charge is 0.263 e. The Bertz CT molecular complexity index is 750. The van der Waals surface area contributed by atoms with E-state index in [1.165, 1.54) is 24.3 Å². The Morgan fingerprint density at radius 3 is 2.41 bits per heavy atom. The van der Waals surface area contributed by atoms with Gasteiger partial charge >= 0.3 is 0 Å². The molecule has 1 heterocycles. The number of amides is 1. The van der Waals surface area contributed by atoms with E-state index >= 15 is 0 Å². The van der Waals surface area contributed by atoms with E-state index in [1.807, 2.05) is 0 Å². The van der Waals surface area contributed by atoms with E-state index in [9.17, 15) is 13.6 Å². The predicted molar refractivity (Wildman–Crippen MR) is 94.9 cm³/mol. The summed E-state index contributed by atoms with van der Waals surface area (Å²) in [6.45, 7) is 0.876. The molecular weight excluding hydrogens is 356 g/mol. The Balaban J connectivity index is 1.45. The Hall–Kier alpha value is -2.67. The van der Waals surface area contributed by atoms with Crippen LogP contribution in [0.15, 0.2) is 48.5 Å². The fourth-order valence-electron chi connectivity index (χ4n) is 2.86. The van der Waals surface area contributed by atoms with Crippen LogP contribution in [0.1, 0.15) is 24.0 Å². The first-order chi connectivity index (χ1) is 13.0. The van der Waals surface area contributed by atoms with Crippen LogP contribution in [-0.4, -0.2) is 41.7 Å². The molecule has 0 radical (unpaired) electrons. The van der Waals surface area contributed by atoms with E-state index in [0.29, 0.717) is 31.0 Å². The number of rotatable bonds is 7. The molecule has 0 spiro atoms. The zero-order chi connectivity index (χ0) is 19.2. The van der Waals surface area contributed by atoms with Crippen molar-refractivity contribution in [2.24, 2.45) is 0 Å². The lowest BCUT2D eigenvalue weighted by Gasteiger charge is -2.18. The van der Waals surface area contributed by atoms with Crippen LogP contribution in [0.5, 0.6) is 11.5 Å². The monoisotopic (exact) mass is 377 g/mol. The number of likely N-dealkylation sites (tertiary alicyclic amines) is 1. The van der Waals surface area contributed by atoms with Gasteiger partial charge in [0.05, 0.1) is 13.2 Å². The number of nitrogens with zero attached hydrogens (tertiary/aromatic N) is 1. The van der Waals surface area contributed by atoms with Crippen LogP contribution in [-0.2, 0) is 11.4 Å². The number of carbonyl (C=O) groups is 1. The van der Waals surface area contributed by atoms with E-state index in [2.05, 4.69) is 0 Å². The van der Waals surface area contributed by atoms with Gasteiger partial charge in [0, 0.05) is 18.5 Å². The summed E-state index contributed by atoms with van der Waals surface area (Å²) in [4.78, 5) is 13.9. The van der Waals surface area contributed by atoms with Crippen molar-refractivity contribution in [1.82, 2.24) is 4.90 Å². The third-order valence-corrected chi connectivity index (χ3v) is 4.40. The van der Waals surface area contributed by atoms with Crippen molar-refractivity contribution in [2.75, 3.05) is 19.7 Å². The maximum atomic E-state index is 12.6. The first-order valence-electron chi connectivity index (χ1n) is 8.70. The molecule has 1 aliphatic heterocycles. The number of benzene rings is 2. The van der Waals surface area contributed by atoms with Gasteiger partial charge in [-0.05, 0) is 42.0 Å². The average Bonchev–Trinajstić information content (AvgIpc) is 3.15. The van der Waals surface area contributed by atoms with Gasteiger partial charge < -0.3 is 19.5 Å². The van der Waals surface area contributed by atoms with Crippen molar-refractivity contribution in [3.8, 4) is 11.5 Å². The van der Waals surface area contributed by atoms with E-state index in [-0.39, 0.29) is 30.8 Å². The summed E-state index contributed by atoms with van der Waals surface area (Å²) in [5, 5.41) is 9.01. The summed E-state index contributed by atoms with van der Waals surface area (Å²) in [5.74, 6) is 0.936. The molecule has 0 saturated carbocycles. The minimum Gasteiger partial charge on any atom is -0.489 e. The summed E-state index contributed by atoms with van der Waals surface area (Å²) in [6.07, 6.45) is -2.00. The highest BCUT2D eigenvalue weighted by atomic mass is 19.3. The quantitative estimate of drug-likeness (QED) is 0.805. The standard InChI is InChI=1S/C20H21F2NO4/c21-20(22)15-3-7-17(8-4-15)27-18-9-10-23(11-18)19(25)13-26-16-5-1-14(12-24)2-6-16/h1-8,18,20,24H,9-13H2. The largest absolute Gasteiger partial charge is 0.489 e. The number of aliphatic hydroxyl groups is 1. The Kier molecular flexibility index (Phi) is 6.24. The molecule has 0 aliphatic carbocycles. The van der Waals surface area contributed by atoms with Crippen LogP contribution in [0, 0.1) is 0 Å². The number of alkyl halides is 2. The van der Waals surface area contributed by atoms with Gasteiger partial charge in [0.25, 0.3) is 12.3 Å². The fraction of sp³-hybridized carbons (Fsp3) is 0.350. The summed E-state index contributed by atoms with van der Waals surface area (Å²) >= 11 is 0. The van der Waals surface area contributed by atoms with Crippen molar-refractivity contribution >= 4 is 5.91 Å². The zero-order valence-electron chi connectivity index (χ0n) is 14.7. The lowest BCUT2D eigenvalue weighted by molar-refractivity contribution is -0.132. The summed E-state index contributed by atoms with van der Waals surface area (Å²) in [6, 6.07) is 12.6. The average molecular weight is 377 g/mol. The van der Waals surface area contributed by atoms with Crippen molar-refractivity contribution in [3.63, 3.8) is 0 Å². The first-order valence-corrected chi connectivity index (χ1v) is 8.70. The third kappa shape index (κ3) is 5.17. The van der Waals surface area contributed by atoms with Gasteiger partial charge in [0.15, 0.2) is 6.61 Å². The van der Waals surface area contributed by atoms with Crippen molar-refractivity contribution < 1.29 is 28.2 Å². The first kappa shape index (κ1) is 19.1. The van der Waals surface area contributed by atoms with E-state index in [0.717, 1.165) is 5.56 Å². The van der Waals surface area contributed by atoms with Crippen LogP contribution in [0.3, 0.4) is 0 Å². The number of hydrogen-bond acceptors (Lipinski definition) is 4. The number of hydrogen-bond donors (Lipinski definition) is 1. The normalized spacial score (nSPS) is 16.6. The molecule has 1 atom stereocenters. The highest BCUT2D eigenvalue weighted by Crippen LogP contribution is 2.24. The van der Waals surface area contributed by atoms with Crippen LogP contribution < -0.4 is 9.47 Å². The molecule has 7 heteroatoms. The molecule has 5 nitrogen and oxygen atoms in total. The van der Waals surface area contributed by atoms with Crippen molar-refractivity contribution in [1.29, 1.82) is 0 Å². The van der Waals surface area contributed by atoms with Gasteiger partial charge in [-0.25, -0.2) is 8.78 Å². The molecular formula is C20H21F2NO4.